The maximum absolute atomic E-state index is 13.3. The minimum absolute atomic E-state index is 0.0874. The van der Waals surface area contributed by atoms with Crippen molar-refractivity contribution in [2.24, 2.45) is 4.99 Å². The molecule has 2 aromatic rings. The maximum Gasteiger partial charge on any atom is 0.355 e. The van der Waals surface area contributed by atoms with E-state index in [-0.39, 0.29) is 5.84 Å². The maximum atomic E-state index is 13.3. The Morgan fingerprint density at radius 1 is 1.23 bits per heavy atom. The second-order valence-electron chi connectivity index (χ2n) is 5.70. The van der Waals surface area contributed by atoms with Crippen molar-refractivity contribution in [3.8, 4) is 6.07 Å². The molecule has 26 heavy (non-hydrogen) atoms. The molecule has 2 aromatic carbocycles. The zero-order valence-corrected chi connectivity index (χ0v) is 17.1. The molecule has 2 rings (SSSR count). The van der Waals surface area contributed by atoms with Crippen LogP contribution >= 0.6 is 18.1 Å². The van der Waals surface area contributed by atoms with Gasteiger partial charge in [0.2, 0.25) is 5.84 Å². The fourth-order valence-electron chi connectivity index (χ4n) is 2.33. The van der Waals surface area contributed by atoms with Crippen molar-refractivity contribution in [2.45, 2.75) is 26.7 Å². The van der Waals surface area contributed by atoms with Gasteiger partial charge in [-0.1, -0.05) is 50.2 Å². The lowest BCUT2D eigenvalue weighted by atomic mass is 10.1. The molecule has 0 N–H and O–H groups in total. The van der Waals surface area contributed by atoms with Crippen LogP contribution in [0.5, 0.6) is 0 Å². The predicted molar refractivity (Wildman–Crippen MR) is 111 cm³/mol. The molecule has 0 radical (unpaired) electrons. The molecule has 0 saturated heterocycles. The molecule has 0 spiro atoms. The van der Waals surface area contributed by atoms with Crippen molar-refractivity contribution in [3.05, 3.63) is 42.5 Å². The molecule has 1 atom stereocenters. The van der Waals surface area contributed by atoms with Crippen LogP contribution in [0, 0.1) is 11.3 Å². The van der Waals surface area contributed by atoms with Crippen molar-refractivity contribution in [2.75, 3.05) is 19.4 Å². The number of hydrogen-bond donors (Lipinski definition) is 0. The molecule has 0 heterocycles. The van der Waals surface area contributed by atoms with Crippen molar-refractivity contribution in [1.82, 2.24) is 4.67 Å². The molecule has 0 aliphatic rings. The first-order valence-corrected chi connectivity index (χ1v) is 11.8. The predicted octanol–water partition coefficient (Wildman–Crippen LogP) is 6.00. The third-order valence-corrected chi connectivity index (χ3v) is 8.61. The van der Waals surface area contributed by atoms with E-state index in [2.05, 4.69) is 11.1 Å². The molecule has 5 nitrogen and oxygen atoms in total. The molecular formula is C19H24N3O2PS. The Labute approximate surface area is 159 Å². The molecule has 0 saturated carbocycles. The number of aliphatic imine (C=N–C) groups is 1. The number of fused-ring (bicyclic) bond motifs is 1. The Kier molecular flexibility index (Phi) is 7.71. The van der Waals surface area contributed by atoms with Gasteiger partial charge in [0.15, 0.2) is 0 Å². The Balaban J connectivity index is 2.42. The lowest BCUT2D eigenvalue weighted by molar-refractivity contribution is 0.305. The second kappa shape index (κ2) is 9.78. The number of amidine groups is 1. The Morgan fingerprint density at radius 2 is 1.96 bits per heavy atom. The van der Waals surface area contributed by atoms with E-state index in [4.69, 9.17) is 4.52 Å². The first-order chi connectivity index (χ1) is 12.6. The largest absolute Gasteiger partial charge is 0.355 e. The van der Waals surface area contributed by atoms with E-state index in [1.165, 1.54) is 16.1 Å². The van der Waals surface area contributed by atoms with E-state index in [1.54, 1.807) is 7.05 Å². The van der Waals surface area contributed by atoms with E-state index >= 15 is 0 Å². The molecule has 1 unspecified atom stereocenters. The summed E-state index contributed by atoms with van der Waals surface area (Å²) in [7, 11) is 1.62. The van der Waals surface area contributed by atoms with Gasteiger partial charge >= 0.3 is 6.72 Å². The number of hydrogen-bond acceptors (Lipinski definition) is 5. The van der Waals surface area contributed by atoms with Gasteiger partial charge in [-0.05, 0) is 35.7 Å². The lowest BCUT2D eigenvalue weighted by Crippen LogP contribution is -2.22. The summed E-state index contributed by atoms with van der Waals surface area (Å²) in [6.07, 6.45) is 1.63. The number of benzene rings is 2. The molecule has 0 bridgehead atoms. The molecular weight excluding hydrogens is 365 g/mol. The first kappa shape index (κ1) is 20.5. The number of nitrogens with zero attached hydrogens (tertiary/aromatic N) is 3. The van der Waals surface area contributed by atoms with Crippen LogP contribution in [0.1, 0.15) is 26.7 Å². The molecule has 0 aliphatic carbocycles. The van der Waals surface area contributed by atoms with Gasteiger partial charge in [0, 0.05) is 18.2 Å². The highest BCUT2D eigenvalue weighted by molar-refractivity contribution is 8.56. The van der Waals surface area contributed by atoms with E-state index in [0.717, 1.165) is 23.6 Å². The van der Waals surface area contributed by atoms with Crippen LogP contribution in [0.3, 0.4) is 0 Å². The number of rotatable bonds is 8. The van der Waals surface area contributed by atoms with Gasteiger partial charge < -0.3 is 4.52 Å². The SMILES string of the molecule is CCCOP(=O)(SCCC)N(C)C(C#N)=Nc1cccc2ccccc12. The molecule has 0 amide bonds. The summed E-state index contributed by atoms with van der Waals surface area (Å²) in [6, 6.07) is 15.7. The zero-order valence-electron chi connectivity index (χ0n) is 15.4. The minimum Gasteiger partial charge on any atom is -0.306 e. The summed E-state index contributed by atoms with van der Waals surface area (Å²) in [5.74, 6) is 0.780. The van der Waals surface area contributed by atoms with Gasteiger partial charge in [0.25, 0.3) is 0 Å². The fourth-order valence-corrected chi connectivity index (χ4v) is 6.34. The smallest absolute Gasteiger partial charge is 0.306 e. The van der Waals surface area contributed by atoms with Crippen LogP contribution in [-0.4, -0.2) is 29.9 Å². The van der Waals surface area contributed by atoms with Gasteiger partial charge in [0.05, 0.1) is 12.3 Å². The van der Waals surface area contributed by atoms with Gasteiger partial charge in [-0.2, -0.15) is 5.26 Å². The Bertz CT molecular complexity index is 846. The van der Waals surface area contributed by atoms with E-state index in [9.17, 15) is 9.83 Å². The van der Waals surface area contributed by atoms with Crippen molar-refractivity contribution >= 4 is 40.4 Å². The molecule has 0 fully saturated rings. The highest BCUT2D eigenvalue weighted by Gasteiger charge is 2.32. The topological polar surface area (TPSA) is 65.7 Å². The van der Waals surface area contributed by atoms with Gasteiger partial charge in [-0.15, -0.1) is 0 Å². The molecule has 7 heteroatoms. The van der Waals surface area contributed by atoms with Gasteiger partial charge in [0.1, 0.15) is 6.07 Å². The normalized spacial score (nSPS) is 14.0. The van der Waals surface area contributed by atoms with Crippen LogP contribution < -0.4 is 0 Å². The third kappa shape index (κ3) is 4.88. The third-order valence-electron chi connectivity index (χ3n) is 3.68. The van der Waals surface area contributed by atoms with Gasteiger partial charge in [-0.3, -0.25) is 9.24 Å². The van der Waals surface area contributed by atoms with Gasteiger partial charge in [-0.25, -0.2) is 4.99 Å². The summed E-state index contributed by atoms with van der Waals surface area (Å²) in [4.78, 5) is 4.50. The fraction of sp³-hybridized carbons (Fsp3) is 0.368. The summed E-state index contributed by atoms with van der Waals surface area (Å²) in [6.45, 7) is 1.15. The summed E-state index contributed by atoms with van der Waals surface area (Å²) < 4.78 is 20.4. The monoisotopic (exact) mass is 389 g/mol. The lowest BCUT2D eigenvalue weighted by Gasteiger charge is -2.27. The Morgan fingerprint density at radius 3 is 2.65 bits per heavy atom. The molecule has 138 valence electrons. The average Bonchev–Trinajstić information content (AvgIpc) is 2.68. The first-order valence-electron chi connectivity index (χ1n) is 8.65. The quantitative estimate of drug-likeness (QED) is 0.314. The number of nitriles is 1. The van der Waals surface area contributed by atoms with E-state index < -0.39 is 6.72 Å². The van der Waals surface area contributed by atoms with E-state index in [0.29, 0.717) is 18.0 Å². The zero-order chi connectivity index (χ0) is 19.0. The minimum atomic E-state index is -3.22. The standard InChI is InChI=1S/C19H24N3O2PS/c1-4-13-24-25(23,26-14-5-2)22(3)19(15-20)21-18-12-8-10-16-9-6-7-11-17(16)18/h6-12H,4-5,13-14H2,1-3H3. The highest BCUT2D eigenvalue weighted by Crippen LogP contribution is 2.62. The van der Waals surface area contributed by atoms with Crippen molar-refractivity contribution < 1.29 is 9.09 Å². The summed E-state index contributed by atoms with van der Waals surface area (Å²) in [5.41, 5.74) is 0.675. The highest BCUT2D eigenvalue weighted by atomic mass is 32.7. The average molecular weight is 389 g/mol. The van der Waals surface area contributed by atoms with Crippen molar-refractivity contribution in [3.63, 3.8) is 0 Å². The van der Waals surface area contributed by atoms with Crippen molar-refractivity contribution in [1.29, 1.82) is 5.26 Å². The van der Waals surface area contributed by atoms with E-state index in [1.807, 2.05) is 56.3 Å². The molecule has 0 aromatic heterocycles. The summed E-state index contributed by atoms with van der Waals surface area (Å²) >= 11 is 1.26. The van der Waals surface area contributed by atoms with Crippen LogP contribution in [0.4, 0.5) is 5.69 Å². The van der Waals surface area contributed by atoms with Crippen LogP contribution in [0.25, 0.3) is 10.8 Å². The molecule has 0 aliphatic heterocycles. The Hall–Kier alpha value is -1.80. The van der Waals surface area contributed by atoms with Crippen LogP contribution in [0.2, 0.25) is 0 Å². The van der Waals surface area contributed by atoms with Crippen LogP contribution in [-0.2, 0) is 9.09 Å². The second-order valence-corrected chi connectivity index (χ2v) is 10.3. The van der Waals surface area contributed by atoms with Crippen LogP contribution in [0.15, 0.2) is 47.5 Å². The summed E-state index contributed by atoms with van der Waals surface area (Å²) in [5, 5.41) is 11.6.